The van der Waals surface area contributed by atoms with E-state index in [-0.39, 0.29) is 0 Å². The Bertz CT molecular complexity index is 657. The Kier molecular flexibility index (Phi) is 4.67. The number of rotatable bonds is 5. The zero-order chi connectivity index (χ0) is 19.2. The van der Waals surface area contributed by atoms with Crippen molar-refractivity contribution in [2.45, 2.75) is 34.6 Å². The summed E-state index contributed by atoms with van der Waals surface area (Å²) in [5.41, 5.74) is -6.02. The first-order valence-electron chi connectivity index (χ1n) is 7.00. The van der Waals surface area contributed by atoms with E-state index in [1.54, 1.807) is 0 Å². The maximum atomic E-state index is 12.9. The maximum absolute atomic E-state index is 12.9. The van der Waals surface area contributed by atoms with Gasteiger partial charge in [-0.05, 0) is 34.6 Å². The molecule has 8 heteroatoms. The highest BCUT2D eigenvalue weighted by Gasteiger charge is 2.74. The fourth-order valence-corrected chi connectivity index (χ4v) is 3.26. The Labute approximate surface area is 136 Å². The van der Waals surface area contributed by atoms with E-state index in [2.05, 4.69) is 0 Å². The summed E-state index contributed by atoms with van der Waals surface area (Å²) in [5.74, 6) is -12.9. The van der Waals surface area contributed by atoms with E-state index in [9.17, 15) is 38.4 Å². The minimum atomic E-state index is -3.01. The van der Waals surface area contributed by atoms with E-state index in [1.165, 1.54) is 0 Å². The normalized spacial score (nSPS) is 19.8. The van der Waals surface area contributed by atoms with Crippen LogP contribution >= 0.6 is 0 Å². The summed E-state index contributed by atoms with van der Waals surface area (Å²) in [6.07, 6.45) is 0. The van der Waals surface area contributed by atoms with E-state index < -0.39 is 63.0 Å². The van der Waals surface area contributed by atoms with Crippen LogP contribution in [0.1, 0.15) is 34.6 Å². The standard InChI is InChI=1S/C16H16O8/c1-6(17)11-12(22)15(7(2)18,8(3)19)14(24)16(9(4)20,10(5)21)13(11)23/h11H,1-5H3. The molecular weight excluding hydrogens is 320 g/mol. The van der Waals surface area contributed by atoms with Gasteiger partial charge in [-0.3, -0.25) is 38.4 Å². The molecule has 0 bridgehead atoms. The highest BCUT2D eigenvalue weighted by atomic mass is 16.2. The third kappa shape index (κ3) is 1.98. The van der Waals surface area contributed by atoms with Gasteiger partial charge in [-0.25, -0.2) is 0 Å². The monoisotopic (exact) mass is 336 g/mol. The van der Waals surface area contributed by atoms with E-state index in [0.717, 1.165) is 34.6 Å². The molecule has 0 spiro atoms. The van der Waals surface area contributed by atoms with Crippen molar-refractivity contribution in [3.8, 4) is 0 Å². The zero-order valence-corrected chi connectivity index (χ0v) is 13.8. The minimum Gasteiger partial charge on any atom is -0.299 e. The van der Waals surface area contributed by atoms with Crippen LogP contribution in [-0.2, 0) is 38.4 Å². The largest absolute Gasteiger partial charge is 0.299 e. The molecule has 0 heterocycles. The Morgan fingerprint density at radius 1 is 0.625 bits per heavy atom. The SMILES string of the molecule is CC(=O)C1C(=O)C(C(C)=O)(C(C)=O)C(=O)C(C(C)=O)(C(C)=O)C1=O. The van der Waals surface area contributed by atoms with E-state index >= 15 is 0 Å². The number of carbonyl (C=O) groups is 8. The van der Waals surface area contributed by atoms with Crippen LogP contribution in [0.5, 0.6) is 0 Å². The van der Waals surface area contributed by atoms with Gasteiger partial charge < -0.3 is 0 Å². The Balaban J connectivity index is 4.10. The molecule has 0 atom stereocenters. The number of hydrogen-bond donors (Lipinski definition) is 0. The van der Waals surface area contributed by atoms with Gasteiger partial charge in [-0.1, -0.05) is 0 Å². The molecule has 0 radical (unpaired) electrons. The molecule has 1 aliphatic rings. The van der Waals surface area contributed by atoms with Gasteiger partial charge >= 0.3 is 0 Å². The van der Waals surface area contributed by atoms with Crippen LogP contribution < -0.4 is 0 Å². The van der Waals surface area contributed by atoms with E-state index in [0.29, 0.717) is 0 Å². The third-order valence-electron chi connectivity index (χ3n) is 4.46. The fraction of sp³-hybridized carbons (Fsp3) is 0.500. The van der Waals surface area contributed by atoms with Crippen LogP contribution in [0.4, 0.5) is 0 Å². The zero-order valence-electron chi connectivity index (χ0n) is 13.8. The van der Waals surface area contributed by atoms with Gasteiger partial charge in [-0.15, -0.1) is 0 Å². The van der Waals surface area contributed by atoms with Crippen LogP contribution in [-0.4, -0.2) is 46.3 Å². The number of Topliss-reactive ketones (excluding diaryl/α,β-unsaturated/α-hetero) is 8. The van der Waals surface area contributed by atoms with Crippen LogP contribution in [0.3, 0.4) is 0 Å². The number of carbonyl (C=O) groups excluding carboxylic acids is 8. The predicted octanol–water partition coefficient (Wildman–Crippen LogP) is -0.759. The molecule has 0 N–H and O–H groups in total. The second-order valence-electron chi connectivity index (χ2n) is 5.83. The lowest BCUT2D eigenvalue weighted by atomic mass is 9.51. The Morgan fingerprint density at radius 3 is 1.04 bits per heavy atom. The van der Waals surface area contributed by atoms with Crippen molar-refractivity contribution in [1.29, 1.82) is 0 Å². The Morgan fingerprint density at radius 2 is 0.875 bits per heavy atom. The van der Waals surface area contributed by atoms with Crippen LogP contribution in [0.25, 0.3) is 0 Å². The van der Waals surface area contributed by atoms with Gasteiger partial charge in [-0.2, -0.15) is 0 Å². The molecule has 0 saturated heterocycles. The van der Waals surface area contributed by atoms with Crippen LogP contribution in [0.2, 0.25) is 0 Å². The van der Waals surface area contributed by atoms with Crippen molar-refractivity contribution in [3.05, 3.63) is 0 Å². The third-order valence-corrected chi connectivity index (χ3v) is 4.46. The highest BCUT2D eigenvalue weighted by Crippen LogP contribution is 2.44. The lowest BCUT2D eigenvalue weighted by Gasteiger charge is -2.41. The summed E-state index contributed by atoms with van der Waals surface area (Å²) in [4.78, 5) is 98.2. The average molecular weight is 336 g/mol. The molecule has 1 rings (SSSR count). The van der Waals surface area contributed by atoms with Gasteiger partial charge in [0.05, 0.1) is 0 Å². The fourth-order valence-electron chi connectivity index (χ4n) is 3.26. The summed E-state index contributed by atoms with van der Waals surface area (Å²) in [5, 5.41) is 0. The lowest BCUT2D eigenvalue weighted by molar-refractivity contribution is -0.170. The smallest absolute Gasteiger partial charge is 0.205 e. The maximum Gasteiger partial charge on any atom is 0.205 e. The summed E-state index contributed by atoms with van der Waals surface area (Å²) in [6, 6.07) is 0. The Hall–Kier alpha value is -2.64. The molecule has 8 nitrogen and oxygen atoms in total. The molecule has 0 aromatic heterocycles. The average Bonchev–Trinajstić information content (AvgIpc) is 2.36. The van der Waals surface area contributed by atoms with Gasteiger partial charge in [0.1, 0.15) is 11.7 Å². The summed E-state index contributed by atoms with van der Waals surface area (Å²) in [7, 11) is 0. The summed E-state index contributed by atoms with van der Waals surface area (Å²) < 4.78 is 0. The second-order valence-corrected chi connectivity index (χ2v) is 5.83. The first kappa shape index (κ1) is 19.4. The first-order chi connectivity index (χ1) is 10.8. The minimum absolute atomic E-state index is 0.759. The predicted molar refractivity (Wildman–Crippen MR) is 76.8 cm³/mol. The topological polar surface area (TPSA) is 137 Å². The van der Waals surface area contributed by atoms with Gasteiger partial charge in [0.15, 0.2) is 40.5 Å². The molecule has 0 unspecified atom stereocenters. The summed E-state index contributed by atoms with van der Waals surface area (Å²) >= 11 is 0. The van der Waals surface area contributed by atoms with Crippen LogP contribution in [0.15, 0.2) is 0 Å². The molecule has 0 aromatic rings. The molecule has 128 valence electrons. The second kappa shape index (κ2) is 5.77. The first-order valence-corrected chi connectivity index (χ1v) is 7.00. The van der Waals surface area contributed by atoms with Crippen molar-refractivity contribution in [2.75, 3.05) is 0 Å². The molecule has 0 amide bonds. The van der Waals surface area contributed by atoms with Crippen molar-refractivity contribution >= 4 is 46.3 Å². The molecule has 0 aromatic carbocycles. The van der Waals surface area contributed by atoms with Crippen molar-refractivity contribution in [3.63, 3.8) is 0 Å². The molecule has 1 saturated carbocycles. The van der Waals surface area contributed by atoms with Crippen molar-refractivity contribution < 1.29 is 38.4 Å². The van der Waals surface area contributed by atoms with Crippen molar-refractivity contribution in [2.24, 2.45) is 16.7 Å². The van der Waals surface area contributed by atoms with Crippen LogP contribution in [0, 0.1) is 16.7 Å². The molecule has 1 fully saturated rings. The molecule has 24 heavy (non-hydrogen) atoms. The van der Waals surface area contributed by atoms with Gasteiger partial charge in [0.25, 0.3) is 0 Å². The van der Waals surface area contributed by atoms with E-state index in [4.69, 9.17) is 0 Å². The number of hydrogen-bond acceptors (Lipinski definition) is 8. The van der Waals surface area contributed by atoms with E-state index in [1.807, 2.05) is 0 Å². The lowest BCUT2D eigenvalue weighted by Crippen LogP contribution is -2.71. The highest BCUT2D eigenvalue weighted by molar-refractivity contribution is 6.57. The molecular formula is C16H16O8. The van der Waals surface area contributed by atoms with Gasteiger partial charge in [0, 0.05) is 0 Å². The van der Waals surface area contributed by atoms with Gasteiger partial charge in [0.2, 0.25) is 10.8 Å². The van der Waals surface area contributed by atoms with Crippen molar-refractivity contribution in [1.82, 2.24) is 0 Å². The quantitative estimate of drug-likeness (QED) is 0.597. The molecule has 1 aliphatic carbocycles. The molecule has 0 aliphatic heterocycles. The number of ketones is 8. The summed E-state index contributed by atoms with van der Waals surface area (Å²) in [6.45, 7) is 3.88.